The molecular weight excluding hydrogens is 322 g/mol. The second-order valence-corrected chi connectivity index (χ2v) is 7.28. The number of nitrogens with one attached hydrogen (secondary N) is 2. The van der Waals surface area contributed by atoms with E-state index in [0.29, 0.717) is 6.54 Å². The molecule has 2 N–H and O–H groups in total. The lowest BCUT2D eigenvalue weighted by atomic mass is 10.2. The standard InChI is InChI=1S/C18H25N3O2S/c1-13-7-8-16(23-13)14(2)20-18(22)19-12-15(17-6-5-11-24-17)21-9-3-4-10-21/h5-8,11,14-15H,3-4,9-10,12H2,1-2H3,(H2,19,20,22)/t14-,15-/m1/s1. The van der Waals surface area contributed by atoms with Crippen molar-refractivity contribution in [3.05, 3.63) is 46.0 Å². The van der Waals surface area contributed by atoms with Gasteiger partial charge in [0.1, 0.15) is 11.5 Å². The van der Waals surface area contributed by atoms with Crippen molar-refractivity contribution in [3.8, 4) is 0 Å². The first-order valence-electron chi connectivity index (χ1n) is 8.51. The predicted molar refractivity (Wildman–Crippen MR) is 96.3 cm³/mol. The van der Waals surface area contributed by atoms with Gasteiger partial charge in [-0.15, -0.1) is 11.3 Å². The van der Waals surface area contributed by atoms with Gasteiger partial charge in [0.2, 0.25) is 0 Å². The molecule has 2 amide bonds. The smallest absolute Gasteiger partial charge is 0.315 e. The van der Waals surface area contributed by atoms with Gasteiger partial charge in [-0.05, 0) is 63.4 Å². The molecule has 1 fully saturated rings. The Morgan fingerprint density at radius 3 is 2.75 bits per heavy atom. The highest BCUT2D eigenvalue weighted by atomic mass is 32.1. The third-order valence-corrected chi connectivity index (χ3v) is 5.42. The summed E-state index contributed by atoms with van der Waals surface area (Å²) in [4.78, 5) is 16.0. The Bertz CT molecular complexity index is 647. The van der Waals surface area contributed by atoms with Crippen LogP contribution in [0, 0.1) is 6.92 Å². The van der Waals surface area contributed by atoms with Crippen LogP contribution in [0.15, 0.2) is 34.1 Å². The fourth-order valence-corrected chi connectivity index (χ4v) is 4.00. The molecule has 1 aliphatic rings. The van der Waals surface area contributed by atoms with Crippen molar-refractivity contribution in [1.29, 1.82) is 0 Å². The van der Waals surface area contributed by atoms with Gasteiger partial charge in [-0.1, -0.05) is 6.07 Å². The lowest BCUT2D eigenvalue weighted by Gasteiger charge is -2.27. The van der Waals surface area contributed by atoms with E-state index in [1.165, 1.54) is 17.7 Å². The van der Waals surface area contributed by atoms with Crippen molar-refractivity contribution in [2.45, 2.75) is 38.8 Å². The number of carbonyl (C=O) groups excluding carboxylic acids is 1. The second kappa shape index (κ2) is 7.85. The van der Waals surface area contributed by atoms with Crippen LogP contribution in [0.4, 0.5) is 4.79 Å². The summed E-state index contributed by atoms with van der Waals surface area (Å²) in [5.74, 6) is 1.63. The molecule has 130 valence electrons. The maximum absolute atomic E-state index is 12.2. The SMILES string of the molecule is Cc1ccc([C@@H](C)NC(=O)NC[C@H](c2cccs2)N2CCCC2)o1. The first-order chi connectivity index (χ1) is 11.6. The van der Waals surface area contributed by atoms with Crippen LogP contribution in [0.2, 0.25) is 0 Å². The van der Waals surface area contributed by atoms with E-state index < -0.39 is 0 Å². The molecular formula is C18H25N3O2S. The van der Waals surface area contributed by atoms with Crippen molar-refractivity contribution < 1.29 is 9.21 Å². The molecule has 3 heterocycles. The molecule has 0 aliphatic carbocycles. The number of furan rings is 1. The predicted octanol–water partition coefficient (Wildman–Crippen LogP) is 3.85. The van der Waals surface area contributed by atoms with Crippen LogP contribution in [-0.4, -0.2) is 30.6 Å². The van der Waals surface area contributed by atoms with Gasteiger partial charge >= 0.3 is 6.03 Å². The molecule has 0 bridgehead atoms. The summed E-state index contributed by atoms with van der Waals surface area (Å²) >= 11 is 1.75. The van der Waals surface area contributed by atoms with Crippen molar-refractivity contribution in [2.75, 3.05) is 19.6 Å². The number of aryl methyl sites for hydroxylation is 1. The quantitative estimate of drug-likeness (QED) is 0.834. The third-order valence-electron chi connectivity index (χ3n) is 4.44. The zero-order valence-corrected chi connectivity index (χ0v) is 15.1. The summed E-state index contributed by atoms with van der Waals surface area (Å²) < 4.78 is 5.56. The number of likely N-dealkylation sites (tertiary alicyclic amines) is 1. The molecule has 0 saturated carbocycles. The number of hydrogen-bond acceptors (Lipinski definition) is 4. The molecule has 1 aliphatic heterocycles. The minimum absolute atomic E-state index is 0.148. The number of carbonyl (C=O) groups is 1. The van der Waals surface area contributed by atoms with Crippen LogP contribution in [0.1, 0.15) is 48.2 Å². The summed E-state index contributed by atoms with van der Waals surface area (Å²) in [6, 6.07) is 8.00. The Kier molecular flexibility index (Phi) is 5.58. The molecule has 2 atom stereocenters. The Balaban J connectivity index is 1.55. The lowest BCUT2D eigenvalue weighted by Crippen LogP contribution is -2.42. The molecule has 24 heavy (non-hydrogen) atoms. The van der Waals surface area contributed by atoms with Crippen LogP contribution in [-0.2, 0) is 0 Å². The van der Waals surface area contributed by atoms with E-state index in [1.54, 1.807) is 11.3 Å². The minimum Gasteiger partial charge on any atom is -0.464 e. The topological polar surface area (TPSA) is 57.5 Å². The average Bonchev–Trinajstić information content (AvgIpc) is 3.30. The van der Waals surface area contributed by atoms with E-state index in [0.717, 1.165) is 24.6 Å². The van der Waals surface area contributed by atoms with E-state index in [-0.39, 0.29) is 18.1 Å². The van der Waals surface area contributed by atoms with E-state index in [9.17, 15) is 4.79 Å². The molecule has 2 aromatic rings. The second-order valence-electron chi connectivity index (χ2n) is 6.30. The van der Waals surface area contributed by atoms with E-state index in [2.05, 4.69) is 33.0 Å². The molecule has 0 aromatic carbocycles. The fourth-order valence-electron chi connectivity index (χ4n) is 3.14. The van der Waals surface area contributed by atoms with Gasteiger partial charge in [-0.3, -0.25) is 4.90 Å². The minimum atomic E-state index is -0.155. The molecule has 5 nitrogen and oxygen atoms in total. The number of hydrogen-bond donors (Lipinski definition) is 2. The summed E-state index contributed by atoms with van der Waals surface area (Å²) in [7, 11) is 0. The van der Waals surface area contributed by atoms with Crippen LogP contribution in [0.25, 0.3) is 0 Å². The number of amides is 2. The Morgan fingerprint density at radius 2 is 2.12 bits per heavy atom. The largest absolute Gasteiger partial charge is 0.464 e. The highest BCUT2D eigenvalue weighted by molar-refractivity contribution is 7.10. The summed E-state index contributed by atoms with van der Waals surface area (Å²) in [5, 5.41) is 8.07. The summed E-state index contributed by atoms with van der Waals surface area (Å²) in [5.41, 5.74) is 0. The maximum atomic E-state index is 12.2. The fraction of sp³-hybridized carbons (Fsp3) is 0.500. The van der Waals surface area contributed by atoms with E-state index in [4.69, 9.17) is 4.42 Å². The number of rotatable bonds is 6. The molecule has 3 rings (SSSR count). The molecule has 0 spiro atoms. The highest BCUT2D eigenvalue weighted by Gasteiger charge is 2.25. The van der Waals surface area contributed by atoms with E-state index in [1.807, 2.05) is 26.0 Å². The molecule has 0 radical (unpaired) electrons. The third kappa shape index (κ3) is 4.19. The molecule has 6 heteroatoms. The summed E-state index contributed by atoms with van der Waals surface area (Å²) in [6.45, 7) is 6.66. The van der Waals surface area contributed by atoms with Gasteiger partial charge in [0.15, 0.2) is 0 Å². The first-order valence-corrected chi connectivity index (χ1v) is 9.39. The molecule has 1 saturated heterocycles. The normalized spacial score (nSPS) is 17.6. The monoisotopic (exact) mass is 347 g/mol. The zero-order chi connectivity index (χ0) is 16.9. The molecule has 2 aromatic heterocycles. The average molecular weight is 347 g/mol. The maximum Gasteiger partial charge on any atom is 0.315 e. The zero-order valence-electron chi connectivity index (χ0n) is 14.2. The van der Waals surface area contributed by atoms with Gasteiger partial charge in [0, 0.05) is 11.4 Å². The van der Waals surface area contributed by atoms with Crippen molar-refractivity contribution in [1.82, 2.24) is 15.5 Å². The van der Waals surface area contributed by atoms with Crippen LogP contribution >= 0.6 is 11.3 Å². The number of urea groups is 1. The first kappa shape index (κ1) is 17.0. The van der Waals surface area contributed by atoms with Crippen LogP contribution < -0.4 is 10.6 Å². The Morgan fingerprint density at radius 1 is 1.33 bits per heavy atom. The Labute approximate surface area is 147 Å². The lowest BCUT2D eigenvalue weighted by molar-refractivity contribution is 0.219. The summed E-state index contributed by atoms with van der Waals surface area (Å²) in [6.07, 6.45) is 2.48. The van der Waals surface area contributed by atoms with Gasteiger partial charge in [-0.25, -0.2) is 4.79 Å². The van der Waals surface area contributed by atoms with Crippen LogP contribution in [0.5, 0.6) is 0 Å². The van der Waals surface area contributed by atoms with Gasteiger partial charge in [-0.2, -0.15) is 0 Å². The van der Waals surface area contributed by atoms with Crippen molar-refractivity contribution >= 4 is 17.4 Å². The van der Waals surface area contributed by atoms with Gasteiger partial charge < -0.3 is 15.1 Å². The van der Waals surface area contributed by atoms with Crippen molar-refractivity contribution in [3.63, 3.8) is 0 Å². The number of nitrogens with zero attached hydrogens (tertiary/aromatic N) is 1. The van der Waals surface area contributed by atoms with Crippen LogP contribution in [0.3, 0.4) is 0 Å². The number of thiophene rings is 1. The van der Waals surface area contributed by atoms with E-state index >= 15 is 0 Å². The highest BCUT2D eigenvalue weighted by Crippen LogP contribution is 2.27. The van der Waals surface area contributed by atoms with Gasteiger partial charge in [0.25, 0.3) is 0 Å². The van der Waals surface area contributed by atoms with Gasteiger partial charge in [0.05, 0.1) is 12.1 Å². The Hall–Kier alpha value is -1.79. The molecule has 0 unspecified atom stereocenters. The van der Waals surface area contributed by atoms with Crippen molar-refractivity contribution in [2.24, 2.45) is 0 Å².